The Morgan fingerprint density at radius 2 is 1.88 bits per heavy atom. The van der Waals surface area contributed by atoms with Crippen LogP contribution < -0.4 is 5.32 Å². The van der Waals surface area contributed by atoms with Crippen molar-refractivity contribution in [3.63, 3.8) is 0 Å². The second-order valence-electron chi connectivity index (χ2n) is 6.98. The number of hydrogen-bond acceptors (Lipinski definition) is 2. The molecule has 1 N–H and O–H groups in total. The van der Waals surface area contributed by atoms with Crippen LogP contribution in [0.1, 0.15) is 35.3 Å². The van der Waals surface area contributed by atoms with E-state index in [4.69, 9.17) is 0 Å². The van der Waals surface area contributed by atoms with Crippen molar-refractivity contribution in [1.29, 1.82) is 0 Å². The number of benzene rings is 2. The van der Waals surface area contributed by atoms with E-state index in [1.807, 2.05) is 36.7 Å². The molecule has 3 rings (SSSR count). The molecule has 3 aromatic rings. The zero-order valence-electron chi connectivity index (χ0n) is 14.9. The maximum Gasteiger partial charge on any atom is 0.251 e. The Bertz CT molecular complexity index is 871. The van der Waals surface area contributed by atoms with E-state index in [0.29, 0.717) is 24.2 Å². The summed E-state index contributed by atoms with van der Waals surface area (Å²) in [7, 11) is 0. The summed E-state index contributed by atoms with van der Waals surface area (Å²) in [6, 6.07) is 14.1. The number of hydrogen-bond donors (Lipinski definition) is 1. The standard InChI is InChI=1S/C21H22FN3O/c1-21(2,18-5-3-4-6-19(18)22)14-24-20(26)17-9-7-16(8-10-17)13-25-12-11-23-15-25/h3-12,15H,13-14H2,1-2H3,(H,24,26). The van der Waals surface area contributed by atoms with Crippen LogP contribution in [0.5, 0.6) is 0 Å². The van der Waals surface area contributed by atoms with E-state index >= 15 is 0 Å². The van der Waals surface area contributed by atoms with Crippen molar-refractivity contribution in [3.8, 4) is 0 Å². The predicted octanol–water partition coefficient (Wildman–Crippen LogP) is 3.78. The summed E-state index contributed by atoms with van der Waals surface area (Å²) in [5.41, 5.74) is 1.77. The highest BCUT2D eigenvalue weighted by atomic mass is 19.1. The smallest absolute Gasteiger partial charge is 0.251 e. The highest BCUT2D eigenvalue weighted by molar-refractivity contribution is 5.94. The molecule has 26 heavy (non-hydrogen) atoms. The summed E-state index contributed by atoms with van der Waals surface area (Å²) in [6.45, 7) is 4.89. The normalized spacial score (nSPS) is 11.3. The van der Waals surface area contributed by atoms with Crippen LogP contribution in [0, 0.1) is 5.82 Å². The van der Waals surface area contributed by atoms with Gasteiger partial charge in [0.25, 0.3) is 5.91 Å². The molecule has 0 aliphatic heterocycles. The lowest BCUT2D eigenvalue weighted by atomic mass is 9.84. The third-order valence-corrected chi connectivity index (χ3v) is 4.43. The Hall–Kier alpha value is -2.95. The molecular weight excluding hydrogens is 329 g/mol. The molecule has 1 heterocycles. The zero-order chi connectivity index (χ0) is 18.6. The summed E-state index contributed by atoms with van der Waals surface area (Å²) >= 11 is 0. The first-order valence-electron chi connectivity index (χ1n) is 8.53. The van der Waals surface area contributed by atoms with E-state index in [1.54, 1.807) is 42.9 Å². The predicted molar refractivity (Wildman–Crippen MR) is 99.5 cm³/mol. The van der Waals surface area contributed by atoms with Crippen LogP contribution in [0.15, 0.2) is 67.3 Å². The van der Waals surface area contributed by atoms with Crippen LogP contribution in [-0.2, 0) is 12.0 Å². The SMILES string of the molecule is CC(C)(CNC(=O)c1ccc(Cn2ccnc2)cc1)c1ccccc1F. The van der Waals surface area contributed by atoms with Gasteiger partial charge in [-0.2, -0.15) is 0 Å². The number of imidazole rings is 1. The molecular formula is C21H22FN3O. The van der Waals surface area contributed by atoms with Gasteiger partial charge >= 0.3 is 0 Å². The fourth-order valence-corrected chi connectivity index (χ4v) is 2.86. The molecule has 2 aromatic carbocycles. The zero-order valence-corrected chi connectivity index (χ0v) is 14.9. The van der Waals surface area contributed by atoms with E-state index in [0.717, 1.165) is 5.56 Å². The molecule has 1 amide bonds. The Morgan fingerprint density at radius 3 is 2.54 bits per heavy atom. The summed E-state index contributed by atoms with van der Waals surface area (Å²) in [5.74, 6) is -0.417. The van der Waals surface area contributed by atoms with Gasteiger partial charge < -0.3 is 9.88 Å². The number of amides is 1. The molecule has 0 radical (unpaired) electrons. The molecule has 0 aliphatic carbocycles. The first-order chi connectivity index (χ1) is 12.5. The van der Waals surface area contributed by atoms with Gasteiger partial charge in [0.2, 0.25) is 0 Å². The highest BCUT2D eigenvalue weighted by Crippen LogP contribution is 2.24. The van der Waals surface area contributed by atoms with Crippen LogP contribution >= 0.6 is 0 Å². The molecule has 0 fully saturated rings. The van der Waals surface area contributed by atoms with Gasteiger partial charge in [0, 0.05) is 36.5 Å². The first kappa shape index (κ1) is 17.9. The lowest BCUT2D eigenvalue weighted by molar-refractivity contribution is 0.0945. The topological polar surface area (TPSA) is 46.9 Å². The van der Waals surface area contributed by atoms with E-state index in [9.17, 15) is 9.18 Å². The molecule has 1 aromatic heterocycles. The summed E-state index contributed by atoms with van der Waals surface area (Å²) in [4.78, 5) is 16.4. The molecule has 0 saturated heterocycles. The number of rotatable bonds is 6. The average Bonchev–Trinajstić information content (AvgIpc) is 3.14. The van der Waals surface area contributed by atoms with Crippen LogP contribution in [0.25, 0.3) is 0 Å². The number of aromatic nitrogens is 2. The molecule has 4 nitrogen and oxygen atoms in total. The average molecular weight is 351 g/mol. The second kappa shape index (κ2) is 7.52. The van der Waals surface area contributed by atoms with Crippen LogP contribution in [0.2, 0.25) is 0 Å². The van der Waals surface area contributed by atoms with E-state index in [1.165, 1.54) is 6.07 Å². The van der Waals surface area contributed by atoms with Gasteiger partial charge in [-0.25, -0.2) is 9.37 Å². The summed E-state index contributed by atoms with van der Waals surface area (Å²) < 4.78 is 16.0. The van der Waals surface area contributed by atoms with Gasteiger partial charge in [-0.3, -0.25) is 4.79 Å². The van der Waals surface area contributed by atoms with Crippen molar-refractivity contribution in [3.05, 3.63) is 89.8 Å². The second-order valence-corrected chi connectivity index (χ2v) is 6.98. The first-order valence-corrected chi connectivity index (χ1v) is 8.53. The molecule has 0 spiro atoms. The minimum Gasteiger partial charge on any atom is -0.351 e. The van der Waals surface area contributed by atoms with Crippen molar-refractivity contribution in [2.75, 3.05) is 6.54 Å². The van der Waals surface area contributed by atoms with Gasteiger partial charge in [-0.15, -0.1) is 0 Å². The highest BCUT2D eigenvalue weighted by Gasteiger charge is 2.24. The summed E-state index contributed by atoms with van der Waals surface area (Å²) in [6.07, 6.45) is 5.38. The van der Waals surface area contributed by atoms with Gasteiger partial charge in [-0.1, -0.05) is 44.2 Å². The van der Waals surface area contributed by atoms with E-state index in [-0.39, 0.29) is 11.7 Å². The van der Waals surface area contributed by atoms with Crippen molar-refractivity contribution in [1.82, 2.24) is 14.9 Å². The monoisotopic (exact) mass is 351 g/mol. The van der Waals surface area contributed by atoms with Crippen molar-refractivity contribution in [2.24, 2.45) is 0 Å². The number of nitrogens with zero attached hydrogens (tertiary/aromatic N) is 2. The fraction of sp³-hybridized carbons (Fsp3) is 0.238. The lowest BCUT2D eigenvalue weighted by Gasteiger charge is -2.26. The molecule has 5 heteroatoms. The number of carbonyl (C=O) groups excluding carboxylic acids is 1. The number of halogens is 1. The largest absolute Gasteiger partial charge is 0.351 e. The Morgan fingerprint density at radius 1 is 1.15 bits per heavy atom. The molecule has 0 aliphatic rings. The molecule has 0 bridgehead atoms. The van der Waals surface area contributed by atoms with Gasteiger partial charge in [0.15, 0.2) is 0 Å². The Kier molecular flexibility index (Phi) is 5.16. The molecule has 0 atom stereocenters. The lowest BCUT2D eigenvalue weighted by Crippen LogP contribution is -2.37. The van der Waals surface area contributed by atoms with E-state index in [2.05, 4.69) is 10.3 Å². The van der Waals surface area contributed by atoms with Crippen molar-refractivity contribution < 1.29 is 9.18 Å². The third kappa shape index (κ3) is 4.17. The van der Waals surface area contributed by atoms with E-state index < -0.39 is 5.41 Å². The fourth-order valence-electron chi connectivity index (χ4n) is 2.86. The number of carbonyl (C=O) groups is 1. The minimum atomic E-state index is -0.498. The maximum atomic E-state index is 14.0. The maximum absolute atomic E-state index is 14.0. The Balaban J connectivity index is 1.62. The minimum absolute atomic E-state index is 0.163. The van der Waals surface area contributed by atoms with Crippen molar-refractivity contribution >= 4 is 5.91 Å². The van der Waals surface area contributed by atoms with Gasteiger partial charge in [0.1, 0.15) is 5.82 Å². The van der Waals surface area contributed by atoms with Crippen LogP contribution in [0.3, 0.4) is 0 Å². The summed E-state index contributed by atoms with van der Waals surface area (Å²) in [5, 5.41) is 2.91. The third-order valence-electron chi connectivity index (χ3n) is 4.43. The Labute approximate surface area is 152 Å². The molecule has 134 valence electrons. The van der Waals surface area contributed by atoms with Crippen LogP contribution in [0.4, 0.5) is 4.39 Å². The number of nitrogens with one attached hydrogen (secondary N) is 1. The molecule has 0 unspecified atom stereocenters. The van der Waals surface area contributed by atoms with Crippen LogP contribution in [-0.4, -0.2) is 22.0 Å². The quantitative estimate of drug-likeness (QED) is 0.735. The molecule has 0 saturated carbocycles. The van der Waals surface area contributed by atoms with Gasteiger partial charge in [0.05, 0.1) is 6.33 Å². The van der Waals surface area contributed by atoms with Gasteiger partial charge in [-0.05, 0) is 29.3 Å². The van der Waals surface area contributed by atoms with Crippen molar-refractivity contribution in [2.45, 2.75) is 25.8 Å².